The average Bonchev–Trinajstić information content (AvgIpc) is 2.34. The maximum atomic E-state index is 6.34. The topological polar surface area (TPSA) is 12.5 Å². The van der Waals surface area contributed by atoms with E-state index in [1.165, 1.54) is 49.9 Å². The van der Waals surface area contributed by atoms with E-state index in [0.29, 0.717) is 0 Å². The molecule has 2 heterocycles. The lowest BCUT2D eigenvalue weighted by molar-refractivity contribution is -0.00877. The molecule has 0 unspecified atom stereocenters. The van der Waals surface area contributed by atoms with E-state index in [-0.39, 0.29) is 5.60 Å². The highest BCUT2D eigenvalue weighted by molar-refractivity contribution is 5.39. The highest BCUT2D eigenvalue weighted by Crippen LogP contribution is 2.39. The highest BCUT2D eigenvalue weighted by Gasteiger charge is 2.38. The second-order valence-corrected chi connectivity index (χ2v) is 5.70. The van der Waals surface area contributed by atoms with Gasteiger partial charge < -0.3 is 9.64 Å². The minimum Gasteiger partial charge on any atom is -0.487 e. The molecule has 0 N–H and O–H groups in total. The number of ether oxygens (including phenoxy) is 1. The number of aryl methyl sites for hydroxylation is 2. The molecule has 1 fully saturated rings. The molecule has 92 valence electrons. The molecule has 0 aromatic heterocycles. The normalized spacial score (nSPS) is 23.2. The molecule has 2 aliphatic rings. The summed E-state index contributed by atoms with van der Waals surface area (Å²) in [7, 11) is 2.20. The summed E-state index contributed by atoms with van der Waals surface area (Å²) in [5.74, 6) is 1.13. The molecule has 0 saturated carbocycles. The van der Waals surface area contributed by atoms with Crippen LogP contribution >= 0.6 is 0 Å². The fourth-order valence-electron chi connectivity index (χ4n) is 3.03. The lowest BCUT2D eigenvalue weighted by atomic mass is 9.83. The summed E-state index contributed by atoms with van der Waals surface area (Å²) in [6.45, 7) is 4.49. The van der Waals surface area contributed by atoms with Gasteiger partial charge in [-0.05, 0) is 51.3 Å². The van der Waals surface area contributed by atoms with Crippen LogP contribution in [0.4, 0.5) is 0 Å². The van der Waals surface area contributed by atoms with E-state index in [9.17, 15) is 0 Å². The molecule has 2 heteroatoms. The Balaban J connectivity index is 1.83. The van der Waals surface area contributed by atoms with Crippen molar-refractivity contribution in [2.45, 2.75) is 38.2 Å². The zero-order chi connectivity index (χ0) is 11.9. The number of fused-ring (bicyclic) bond motifs is 1. The number of rotatable bonds is 0. The van der Waals surface area contributed by atoms with Gasteiger partial charge in [-0.15, -0.1) is 0 Å². The third-order valence-corrected chi connectivity index (χ3v) is 4.29. The summed E-state index contributed by atoms with van der Waals surface area (Å²) in [5, 5.41) is 0. The Morgan fingerprint density at radius 2 is 1.94 bits per heavy atom. The zero-order valence-electron chi connectivity index (χ0n) is 10.8. The van der Waals surface area contributed by atoms with Crippen LogP contribution in [0.3, 0.4) is 0 Å². The third kappa shape index (κ3) is 2.06. The molecule has 1 aromatic rings. The predicted molar refractivity (Wildman–Crippen MR) is 69.6 cm³/mol. The molecule has 1 spiro atoms. The van der Waals surface area contributed by atoms with Gasteiger partial charge in [0.25, 0.3) is 0 Å². The van der Waals surface area contributed by atoms with Crippen molar-refractivity contribution in [2.24, 2.45) is 0 Å². The fourth-order valence-corrected chi connectivity index (χ4v) is 3.03. The van der Waals surface area contributed by atoms with Gasteiger partial charge in [-0.1, -0.05) is 17.7 Å². The maximum absolute atomic E-state index is 6.34. The van der Waals surface area contributed by atoms with Crippen LogP contribution in [0.25, 0.3) is 0 Å². The summed E-state index contributed by atoms with van der Waals surface area (Å²) in [5.41, 5.74) is 2.87. The van der Waals surface area contributed by atoms with Crippen LogP contribution in [-0.2, 0) is 6.42 Å². The summed E-state index contributed by atoms with van der Waals surface area (Å²) < 4.78 is 6.34. The molecule has 1 saturated heterocycles. The van der Waals surface area contributed by atoms with Gasteiger partial charge in [-0.2, -0.15) is 0 Å². The number of piperidine rings is 1. The number of likely N-dealkylation sites (tertiary alicyclic amines) is 1. The molecule has 0 radical (unpaired) electrons. The summed E-state index contributed by atoms with van der Waals surface area (Å²) in [6.07, 6.45) is 4.73. The van der Waals surface area contributed by atoms with Gasteiger partial charge in [0, 0.05) is 13.1 Å². The zero-order valence-corrected chi connectivity index (χ0v) is 10.8. The molecule has 0 aliphatic carbocycles. The Morgan fingerprint density at radius 1 is 1.18 bits per heavy atom. The van der Waals surface area contributed by atoms with E-state index in [2.05, 4.69) is 37.1 Å². The van der Waals surface area contributed by atoms with Crippen molar-refractivity contribution in [3.8, 4) is 5.75 Å². The molecule has 3 rings (SSSR count). The molecule has 2 nitrogen and oxygen atoms in total. The van der Waals surface area contributed by atoms with Crippen LogP contribution in [0.2, 0.25) is 0 Å². The Morgan fingerprint density at radius 3 is 2.71 bits per heavy atom. The van der Waals surface area contributed by atoms with E-state index < -0.39 is 0 Å². The third-order valence-electron chi connectivity index (χ3n) is 4.29. The number of nitrogens with zero attached hydrogens (tertiary/aromatic N) is 1. The largest absolute Gasteiger partial charge is 0.487 e. The van der Waals surface area contributed by atoms with E-state index in [1.54, 1.807) is 0 Å². The maximum Gasteiger partial charge on any atom is 0.123 e. The first-order valence-corrected chi connectivity index (χ1v) is 6.64. The minimum absolute atomic E-state index is 0.134. The van der Waals surface area contributed by atoms with Gasteiger partial charge in [-0.25, -0.2) is 0 Å². The first-order valence-electron chi connectivity index (χ1n) is 6.64. The van der Waals surface area contributed by atoms with E-state index in [1.807, 2.05) is 0 Å². The molecule has 1 aromatic carbocycles. The van der Waals surface area contributed by atoms with E-state index in [4.69, 9.17) is 4.74 Å². The Bertz CT molecular complexity index is 419. The first-order chi connectivity index (χ1) is 8.17. The van der Waals surface area contributed by atoms with Crippen LogP contribution in [0.5, 0.6) is 5.75 Å². The van der Waals surface area contributed by atoms with Crippen LogP contribution in [-0.4, -0.2) is 30.6 Å². The average molecular weight is 231 g/mol. The SMILES string of the molecule is Cc1ccc2c(c1)CCC1(CCN(C)CC1)O2. The lowest BCUT2D eigenvalue weighted by Crippen LogP contribution is -2.48. The highest BCUT2D eigenvalue weighted by atomic mass is 16.5. The standard InChI is InChI=1S/C15H21NO/c1-12-3-4-14-13(11-12)5-6-15(17-14)7-9-16(2)10-8-15/h3-4,11H,5-10H2,1-2H3. The van der Waals surface area contributed by atoms with Gasteiger partial charge in [0.2, 0.25) is 0 Å². The molecule has 0 bridgehead atoms. The van der Waals surface area contributed by atoms with Crippen LogP contribution in [0.15, 0.2) is 18.2 Å². The van der Waals surface area contributed by atoms with Crippen molar-refractivity contribution >= 4 is 0 Å². The summed E-state index contributed by atoms with van der Waals surface area (Å²) >= 11 is 0. The molecular formula is C15H21NO. The first kappa shape index (κ1) is 11.1. The van der Waals surface area contributed by atoms with Crippen LogP contribution in [0, 0.1) is 6.92 Å². The molecule has 2 aliphatic heterocycles. The van der Waals surface area contributed by atoms with Gasteiger partial charge in [0.05, 0.1) is 0 Å². The van der Waals surface area contributed by atoms with Gasteiger partial charge in [-0.3, -0.25) is 0 Å². The van der Waals surface area contributed by atoms with Crippen molar-refractivity contribution in [1.82, 2.24) is 4.90 Å². The van der Waals surface area contributed by atoms with E-state index >= 15 is 0 Å². The van der Waals surface area contributed by atoms with Crippen LogP contribution < -0.4 is 4.74 Å². The minimum atomic E-state index is 0.134. The molecule has 17 heavy (non-hydrogen) atoms. The van der Waals surface area contributed by atoms with Gasteiger partial charge in [0.1, 0.15) is 11.4 Å². The number of hydrogen-bond acceptors (Lipinski definition) is 2. The number of hydrogen-bond donors (Lipinski definition) is 0. The Hall–Kier alpha value is -1.02. The van der Waals surface area contributed by atoms with Gasteiger partial charge >= 0.3 is 0 Å². The predicted octanol–water partition coefficient (Wildman–Crippen LogP) is 2.78. The quantitative estimate of drug-likeness (QED) is 0.681. The Labute approximate surface area is 104 Å². The second-order valence-electron chi connectivity index (χ2n) is 5.70. The lowest BCUT2D eigenvalue weighted by Gasteiger charge is -2.43. The Kier molecular flexibility index (Phi) is 2.62. The molecule has 0 amide bonds. The second kappa shape index (κ2) is 4.02. The summed E-state index contributed by atoms with van der Waals surface area (Å²) in [4.78, 5) is 2.40. The molecular weight excluding hydrogens is 210 g/mol. The smallest absolute Gasteiger partial charge is 0.123 e. The van der Waals surface area contributed by atoms with Crippen molar-refractivity contribution in [1.29, 1.82) is 0 Å². The van der Waals surface area contributed by atoms with Crippen molar-refractivity contribution in [3.05, 3.63) is 29.3 Å². The van der Waals surface area contributed by atoms with Gasteiger partial charge in [0.15, 0.2) is 0 Å². The monoisotopic (exact) mass is 231 g/mol. The van der Waals surface area contributed by atoms with Crippen molar-refractivity contribution in [3.63, 3.8) is 0 Å². The van der Waals surface area contributed by atoms with Crippen molar-refractivity contribution in [2.75, 3.05) is 20.1 Å². The number of benzene rings is 1. The fraction of sp³-hybridized carbons (Fsp3) is 0.600. The summed E-state index contributed by atoms with van der Waals surface area (Å²) in [6, 6.07) is 6.59. The van der Waals surface area contributed by atoms with E-state index in [0.717, 1.165) is 5.75 Å². The molecule has 0 atom stereocenters. The van der Waals surface area contributed by atoms with Crippen molar-refractivity contribution < 1.29 is 4.74 Å². The van der Waals surface area contributed by atoms with Crippen LogP contribution in [0.1, 0.15) is 30.4 Å².